The van der Waals surface area contributed by atoms with Gasteiger partial charge in [0, 0.05) is 28.2 Å². The van der Waals surface area contributed by atoms with Crippen LogP contribution in [-0.4, -0.2) is 33.9 Å². The summed E-state index contributed by atoms with van der Waals surface area (Å²) in [6, 6.07) is 22.0. The van der Waals surface area contributed by atoms with E-state index < -0.39 is 12.1 Å². The van der Waals surface area contributed by atoms with E-state index in [0.29, 0.717) is 51.3 Å². The van der Waals surface area contributed by atoms with Crippen LogP contribution in [0.4, 0.5) is 5.69 Å². The third-order valence-electron chi connectivity index (χ3n) is 8.47. The number of aromatic amines is 1. The molecule has 2 unspecified atom stereocenters. The lowest BCUT2D eigenvalue weighted by Crippen LogP contribution is -2.39. The summed E-state index contributed by atoms with van der Waals surface area (Å²) in [5.41, 5.74) is 7.56. The second kappa shape index (κ2) is 11.4. The van der Waals surface area contributed by atoms with Crippen LogP contribution in [0.3, 0.4) is 0 Å². The number of anilines is 1. The molecule has 0 saturated carbocycles. The first-order chi connectivity index (χ1) is 20.7. The van der Waals surface area contributed by atoms with Crippen molar-refractivity contribution in [3.63, 3.8) is 0 Å². The van der Waals surface area contributed by atoms with Gasteiger partial charge in [0.1, 0.15) is 0 Å². The van der Waals surface area contributed by atoms with Gasteiger partial charge in [-0.25, -0.2) is 0 Å². The van der Waals surface area contributed by atoms with E-state index in [1.54, 1.807) is 24.3 Å². The number of benzene rings is 3. The highest BCUT2D eigenvalue weighted by molar-refractivity contribution is 6.35. The molecule has 218 valence electrons. The first-order valence-corrected chi connectivity index (χ1v) is 14.5. The molecule has 0 spiro atoms. The van der Waals surface area contributed by atoms with E-state index in [2.05, 4.69) is 20.9 Å². The Labute approximate surface area is 250 Å². The van der Waals surface area contributed by atoms with E-state index in [-0.39, 0.29) is 23.8 Å². The number of aliphatic hydroxyl groups excluding tert-OH is 1. The van der Waals surface area contributed by atoms with Crippen molar-refractivity contribution >= 4 is 35.1 Å². The number of carbonyl (C=O) groups is 3. The molecule has 6 rings (SSSR count). The van der Waals surface area contributed by atoms with Gasteiger partial charge in [-0.2, -0.15) is 0 Å². The van der Waals surface area contributed by atoms with Gasteiger partial charge in [-0.15, -0.1) is 0 Å². The molecule has 43 heavy (non-hydrogen) atoms. The van der Waals surface area contributed by atoms with Crippen molar-refractivity contribution in [2.24, 2.45) is 0 Å². The Kier molecular flexibility index (Phi) is 7.46. The second-order valence-electron chi connectivity index (χ2n) is 11.3. The average Bonchev–Trinajstić information content (AvgIpc) is 3.47. The molecule has 2 heterocycles. The van der Waals surface area contributed by atoms with Gasteiger partial charge in [-0.1, -0.05) is 54.6 Å². The lowest BCUT2D eigenvalue weighted by Gasteiger charge is -2.31. The number of amides is 3. The maximum atomic E-state index is 13.5. The lowest BCUT2D eigenvalue weighted by molar-refractivity contribution is -0.110. The van der Waals surface area contributed by atoms with Gasteiger partial charge in [0.05, 0.1) is 29.3 Å². The second-order valence-corrected chi connectivity index (χ2v) is 11.3. The molecule has 1 aliphatic heterocycles. The molecule has 3 aromatic carbocycles. The van der Waals surface area contributed by atoms with Crippen molar-refractivity contribution in [2.45, 2.75) is 51.8 Å². The van der Waals surface area contributed by atoms with E-state index in [9.17, 15) is 19.5 Å². The quantitative estimate of drug-likeness (QED) is 0.198. The van der Waals surface area contributed by atoms with Gasteiger partial charge in [0.15, 0.2) is 0 Å². The number of aromatic nitrogens is 1. The molecule has 0 bridgehead atoms. The predicted octanol–water partition coefficient (Wildman–Crippen LogP) is 5.39. The molecule has 0 fully saturated rings. The fraction of sp³-hybridized carbons (Fsp3) is 0.229. The first kappa shape index (κ1) is 28.2. The number of rotatable bonds is 6. The molecule has 2 aliphatic rings. The van der Waals surface area contributed by atoms with E-state index in [1.807, 2.05) is 75.4 Å². The van der Waals surface area contributed by atoms with E-state index >= 15 is 0 Å². The Bertz CT molecular complexity index is 1770. The van der Waals surface area contributed by atoms with Crippen molar-refractivity contribution in [3.05, 3.63) is 123 Å². The summed E-state index contributed by atoms with van der Waals surface area (Å²) in [5, 5.41) is 19.7. The number of nitrogens with one attached hydrogen (secondary N) is 4. The standard InChI is InChI=1S/C35H34N4O4/c1-19-29(36-21(3)31(19)35(43)39-32-25-12-8-7-11-23(25)14-16-30(32)40)18-27-26-17-24(13-15-28(26)38-34(27)42)33(41)37-20(2)22-9-5-4-6-10-22/h4-13,15,17-18,20,30,32,36,40H,14,16H2,1-3H3,(H,37,41)(H,38,42)(H,39,43)/b27-18-/t20-,30?,32?/m1/s1. The number of aliphatic hydroxyl groups is 1. The molecule has 1 aliphatic carbocycles. The third-order valence-corrected chi connectivity index (χ3v) is 8.47. The molecule has 5 N–H and O–H groups in total. The smallest absolute Gasteiger partial charge is 0.256 e. The fourth-order valence-electron chi connectivity index (χ4n) is 6.11. The Morgan fingerprint density at radius 1 is 1.00 bits per heavy atom. The van der Waals surface area contributed by atoms with Crippen molar-refractivity contribution in [1.82, 2.24) is 15.6 Å². The molecular weight excluding hydrogens is 540 g/mol. The number of aryl methyl sites for hydroxylation is 2. The van der Waals surface area contributed by atoms with Crippen LogP contribution in [0.15, 0.2) is 72.8 Å². The lowest BCUT2D eigenvalue weighted by atomic mass is 9.85. The summed E-state index contributed by atoms with van der Waals surface area (Å²) in [4.78, 5) is 43.0. The molecule has 8 heteroatoms. The summed E-state index contributed by atoms with van der Waals surface area (Å²) in [6.45, 7) is 5.57. The van der Waals surface area contributed by atoms with Gasteiger partial charge < -0.3 is 26.0 Å². The van der Waals surface area contributed by atoms with Crippen molar-refractivity contribution < 1.29 is 19.5 Å². The third kappa shape index (κ3) is 5.37. The van der Waals surface area contributed by atoms with Crippen LogP contribution < -0.4 is 16.0 Å². The van der Waals surface area contributed by atoms with Crippen LogP contribution in [0.1, 0.15) is 85.3 Å². The van der Waals surface area contributed by atoms with Crippen LogP contribution >= 0.6 is 0 Å². The van der Waals surface area contributed by atoms with Gasteiger partial charge in [0.2, 0.25) is 0 Å². The van der Waals surface area contributed by atoms with Crippen molar-refractivity contribution in [1.29, 1.82) is 0 Å². The molecule has 4 aromatic rings. The first-order valence-electron chi connectivity index (χ1n) is 14.5. The van der Waals surface area contributed by atoms with E-state index in [1.165, 1.54) is 0 Å². The van der Waals surface area contributed by atoms with Gasteiger partial charge >= 0.3 is 0 Å². The van der Waals surface area contributed by atoms with Gasteiger partial charge in [-0.3, -0.25) is 14.4 Å². The number of fused-ring (bicyclic) bond motifs is 2. The highest BCUT2D eigenvalue weighted by Crippen LogP contribution is 2.35. The number of hydrogen-bond acceptors (Lipinski definition) is 4. The number of carbonyl (C=O) groups excluding carboxylic acids is 3. The van der Waals surface area contributed by atoms with Crippen LogP contribution in [0.25, 0.3) is 11.6 Å². The average molecular weight is 575 g/mol. The van der Waals surface area contributed by atoms with Crippen molar-refractivity contribution in [3.8, 4) is 0 Å². The highest BCUT2D eigenvalue weighted by atomic mass is 16.3. The van der Waals surface area contributed by atoms with Crippen molar-refractivity contribution in [2.75, 3.05) is 5.32 Å². The van der Waals surface area contributed by atoms with Crippen LogP contribution in [-0.2, 0) is 11.2 Å². The SMILES string of the molecule is Cc1[nH]c(/C=C2\C(=O)Nc3ccc(C(=O)N[C@H](C)c4ccccc4)cc32)c(C)c1C(=O)NC1c2ccccc2CCC1O. The summed E-state index contributed by atoms with van der Waals surface area (Å²) >= 11 is 0. The zero-order valence-corrected chi connectivity index (χ0v) is 24.3. The molecule has 8 nitrogen and oxygen atoms in total. The zero-order chi connectivity index (χ0) is 30.2. The zero-order valence-electron chi connectivity index (χ0n) is 24.3. The maximum Gasteiger partial charge on any atom is 0.256 e. The molecule has 3 amide bonds. The summed E-state index contributed by atoms with van der Waals surface area (Å²) in [6.07, 6.45) is 2.38. The summed E-state index contributed by atoms with van der Waals surface area (Å²) in [7, 11) is 0. The highest BCUT2D eigenvalue weighted by Gasteiger charge is 2.31. The number of H-pyrrole nitrogens is 1. The Hall–Kier alpha value is -4.95. The molecule has 1 aromatic heterocycles. The maximum absolute atomic E-state index is 13.5. The summed E-state index contributed by atoms with van der Waals surface area (Å²) in [5.74, 6) is -0.820. The number of hydrogen-bond donors (Lipinski definition) is 5. The van der Waals surface area contributed by atoms with E-state index in [4.69, 9.17) is 0 Å². The van der Waals surface area contributed by atoms with Gasteiger partial charge in [-0.05, 0) is 80.1 Å². The minimum atomic E-state index is -0.680. The molecule has 3 atom stereocenters. The Morgan fingerprint density at radius 2 is 1.74 bits per heavy atom. The minimum Gasteiger partial charge on any atom is -0.391 e. The van der Waals surface area contributed by atoms with Crippen LogP contribution in [0, 0.1) is 13.8 Å². The Balaban J connectivity index is 1.26. The van der Waals surface area contributed by atoms with E-state index in [0.717, 1.165) is 23.1 Å². The van der Waals surface area contributed by atoms with Crippen LogP contribution in [0.2, 0.25) is 0 Å². The fourth-order valence-corrected chi connectivity index (χ4v) is 6.11. The monoisotopic (exact) mass is 574 g/mol. The predicted molar refractivity (Wildman–Crippen MR) is 167 cm³/mol. The topological polar surface area (TPSA) is 123 Å². The Morgan fingerprint density at radius 3 is 2.53 bits per heavy atom. The summed E-state index contributed by atoms with van der Waals surface area (Å²) < 4.78 is 0. The molecule has 0 saturated heterocycles. The molecule has 0 radical (unpaired) electrons. The minimum absolute atomic E-state index is 0.186. The van der Waals surface area contributed by atoms with Crippen LogP contribution in [0.5, 0.6) is 0 Å². The molecular formula is C35H34N4O4. The van der Waals surface area contributed by atoms with Gasteiger partial charge in [0.25, 0.3) is 17.7 Å². The largest absolute Gasteiger partial charge is 0.391 e. The normalized spacial score (nSPS) is 18.9.